The van der Waals surface area contributed by atoms with Gasteiger partial charge in [0, 0.05) is 19.2 Å². The maximum atomic E-state index is 11.6. The molecule has 0 heterocycles. The summed E-state index contributed by atoms with van der Waals surface area (Å²) in [6, 6.07) is 0.633. The van der Waals surface area contributed by atoms with E-state index in [2.05, 4.69) is 24.1 Å². The highest BCUT2D eigenvalue weighted by molar-refractivity contribution is 5.79. The molecule has 5 heteroatoms. The maximum Gasteiger partial charge on any atom is 0.323 e. The quantitative estimate of drug-likeness (QED) is 0.732. The van der Waals surface area contributed by atoms with Crippen LogP contribution in [0.15, 0.2) is 0 Å². The van der Waals surface area contributed by atoms with Gasteiger partial charge in [-0.05, 0) is 46.2 Å². The molecule has 0 aromatic carbocycles. The predicted octanol–water partition coefficient (Wildman–Crippen LogP) is 1.33. The first-order chi connectivity index (χ1) is 9.00. The van der Waals surface area contributed by atoms with Gasteiger partial charge in [0.2, 0.25) is 0 Å². The highest BCUT2D eigenvalue weighted by Crippen LogP contribution is 2.32. The standard InChI is InChI=1S/C14H28N2O3/c1-5-16(11(2)10-19-4)12-7-6-8-14(9-12,15-3)13(17)18/h11-12,15H,5-10H2,1-4H3,(H,17,18). The average Bonchev–Trinajstić information content (AvgIpc) is 2.40. The Kier molecular flexibility index (Phi) is 6.23. The fraction of sp³-hybridized carbons (Fsp3) is 0.929. The normalized spacial score (nSPS) is 29.4. The Morgan fingerprint density at radius 2 is 2.32 bits per heavy atom. The van der Waals surface area contributed by atoms with Gasteiger partial charge in [0.1, 0.15) is 5.54 Å². The number of ether oxygens (including phenoxy) is 1. The fourth-order valence-corrected chi connectivity index (χ4v) is 3.32. The molecule has 3 unspecified atom stereocenters. The number of carboxylic acid groups (broad SMARTS) is 1. The van der Waals surface area contributed by atoms with Crippen LogP contribution in [0.3, 0.4) is 0 Å². The number of carbonyl (C=O) groups is 1. The van der Waals surface area contributed by atoms with Crippen molar-refractivity contribution in [2.45, 2.75) is 57.2 Å². The summed E-state index contributed by atoms with van der Waals surface area (Å²) in [7, 11) is 3.46. The van der Waals surface area contributed by atoms with Crippen molar-refractivity contribution in [2.24, 2.45) is 0 Å². The van der Waals surface area contributed by atoms with Crippen molar-refractivity contribution in [3.05, 3.63) is 0 Å². The number of hydrogen-bond acceptors (Lipinski definition) is 4. The van der Waals surface area contributed by atoms with Crippen LogP contribution in [-0.4, -0.2) is 60.9 Å². The number of carboxylic acids is 1. The summed E-state index contributed by atoms with van der Waals surface area (Å²) in [6.45, 7) is 5.88. The summed E-state index contributed by atoms with van der Waals surface area (Å²) in [5.74, 6) is -0.727. The molecule has 1 aliphatic rings. The molecule has 2 N–H and O–H groups in total. The van der Waals surface area contributed by atoms with Crippen molar-refractivity contribution in [3.63, 3.8) is 0 Å². The third-order valence-electron chi connectivity index (χ3n) is 4.42. The van der Waals surface area contributed by atoms with E-state index in [0.29, 0.717) is 31.5 Å². The minimum atomic E-state index is -0.761. The van der Waals surface area contributed by atoms with Crippen molar-refractivity contribution in [2.75, 3.05) is 27.3 Å². The SMILES string of the molecule is CCN(C(C)COC)C1CCCC(NC)(C(=O)O)C1. The van der Waals surface area contributed by atoms with E-state index in [-0.39, 0.29) is 0 Å². The number of aliphatic carboxylic acids is 1. The van der Waals surface area contributed by atoms with Gasteiger partial charge in [0.25, 0.3) is 0 Å². The van der Waals surface area contributed by atoms with Crippen LogP contribution in [0.25, 0.3) is 0 Å². The van der Waals surface area contributed by atoms with Crippen LogP contribution < -0.4 is 5.32 Å². The van der Waals surface area contributed by atoms with Gasteiger partial charge in [-0.2, -0.15) is 0 Å². The number of nitrogens with one attached hydrogen (secondary N) is 1. The van der Waals surface area contributed by atoms with Crippen molar-refractivity contribution in [3.8, 4) is 0 Å². The second-order valence-corrected chi connectivity index (χ2v) is 5.52. The first-order valence-corrected chi connectivity index (χ1v) is 7.17. The lowest BCUT2D eigenvalue weighted by Gasteiger charge is -2.44. The van der Waals surface area contributed by atoms with Crippen LogP contribution in [0.1, 0.15) is 39.5 Å². The second-order valence-electron chi connectivity index (χ2n) is 5.52. The molecule has 1 rings (SSSR count). The van der Waals surface area contributed by atoms with Crippen molar-refractivity contribution >= 4 is 5.97 Å². The molecule has 0 bridgehead atoms. The lowest BCUT2D eigenvalue weighted by molar-refractivity contribution is -0.147. The zero-order chi connectivity index (χ0) is 14.5. The molecule has 1 saturated carbocycles. The van der Waals surface area contributed by atoms with E-state index in [1.165, 1.54) is 0 Å². The van der Waals surface area contributed by atoms with Gasteiger partial charge in [-0.25, -0.2) is 0 Å². The van der Waals surface area contributed by atoms with Gasteiger partial charge >= 0.3 is 5.97 Å². The highest BCUT2D eigenvalue weighted by atomic mass is 16.5. The Morgan fingerprint density at radius 3 is 2.79 bits per heavy atom. The van der Waals surface area contributed by atoms with Crippen LogP contribution >= 0.6 is 0 Å². The van der Waals surface area contributed by atoms with Crippen molar-refractivity contribution < 1.29 is 14.6 Å². The Morgan fingerprint density at radius 1 is 1.63 bits per heavy atom. The van der Waals surface area contributed by atoms with Gasteiger partial charge in [0.05, 0.1) is 6.61 Å². The zero-order valence-corrected chi connectivity index (χ0v) is 12.6. The average molecular weight is 272 g/mol. The minimum absolute atomic E-state index is 0.312. The molecule has 0 saturated heterocycles. The van der Waals surface area contributed by atoms with Crippen LogP contribution in [-0.2, 0) is 9.53 Å². The highest BCUT2D eigenvalue weighted by Gasteiger charge is 2.43. The maximum absolute atomic E-state index is 11.6. The molecule has 0 aromatic heterocycles. The largest absolute Gasteiger partial charge is 0.480 e. The smallest absolute Gasteiger partial charge is 0.323 e. The monoisotopic (exact) mass is 272 g/mol. The van der Waals surface area contributed by atoms with E-state index in [0.717, 1.165) is 19.4 Å². The summed E-state index contributed by atoms with van der Waals surface area (Å²) in [5.41, 5.74) is -0.761. The first-order valence-electron chi connectivity index (χ1n) is 7.17. The summed E-state index contributed by atoms with van der Waals surface area (Å²) < 4.78 is 5.23. The number of rotatable bonds is 7. The molecule has 0 radical (unpaired) electrons. The molecule has 0 aromatic rings. The van der Waals surface area contributed by atoms with Crippen LogP contribution in [0, 0.1) is 0 Å². The van der Waals surface area contributed by atoms with E-state index < -0.39 is 11.5 Å². The van der Waals surface area contributed by atoms with Gasteiger partial charge in [-0.3, -0.25) is 9.69 Å². The molecule has 3 atom stereocenters. The Bertz CT molecular complexity index is 298. The molecule has 112 valence electrons. The summed E-state index contributed by atoms with van der Waals surface area (Å²) in [4.78, 5) is 13.9. The summed E-state index contributed by atoms with van der Waals surface area (Å²) in [5, 5.41) is 12.5. The third kappa shape index (κ3) is 3.68. The number of likely N-dealkylation sites (N-methyl/N-ethyl adjacent to an activating group) is 2. The predicted molar refractivity (Wildman–Crippen MR) is 75.4 cm³/mol. The van der Waals surface area contributed by atoms with Gasteiger partial charge < -0.3 is 15.2 Å². The number of hydrogen-bond donors (Lipinski definition) is 2. The van der Waals surface area contributed by atoms with Crippen molar-refractivity contribution in [1.29, 1.82) is 0 Å². The molecule has 5 nitrogen and oxygen atoms in total. The van der Waals surface area contributed by atoms with Gasteiger partial charge in [-0.1, -0.05) is 6.92 Å². The first kappa shape index (κ1) is 16.4. The molecule has 0 amide bonds. The van der Waals surface area contributed by atoms with Gasteiger partial charge in [-0.15, -0.1) is 0 Å². The lowest BCUT2D eigenvalue weighted by Crippen LogP contribution is -2.58. The fourth-order valence-electron chi connectivity index (χ4n) is 3.32. The number of methoxy groups -OCH3 is 1. The van der Waals surface area contributed by atoms with Crippen molar-refractivity contribution in [1.82, 2.24) is 10.2 Å². The van der Waals surface area contributed by atoms with E-state index in [1.807, 2.05) is 0 Å². The Labute approximate surface area is 116 Å². The lowest BCUT2D eigenvalue weighted by atomic mass is 9.78. The summed E-state index contributed by atoms with van der Waals surface area (Å²) in [6.07, 6.45) is 3.40. The van der Waals surface area contributed by atoms with Gasteiger partial charge in [0.15, 0.2) is 0 Å². The molecule has 0 spiro atoms. The number of nitrogens with zero attached hydrogens (tertiary/aromatic N) is 1. The van der Waals surface area contributed by atoms with E-state index >= 15 is 0 Å². The topological polar surface area (TPSA) is 61.8 Å². The van der Waals surface area contributed by atoms with Crippen LogP contribution in [0.4, 0.5) is 0 Å². The third-order valence-corrected chi connectivity index (χ3v) is 4.42. The molecule has 0 aliphatic heterocycles. The molecule has 1 fully saturated rings. The van der Waals surface area contributed by atoms with E-state index in [1.54, 1.807) is 14.2 Å². The van der Waals surface area contributed by atoms with Crippen LogP contribution in [0.5, 0.6) is 0 Å². The summed E-state index contributed by atoms with van der Waals surface area (Å²) >= 11 is 0. The second kappa shape index (κ2) is 7.22. The zero-order valence-electron chi connectivity index (χ0n) is 12.6. The molecular weight excluding hydrogens is 244 g/mol. The molecule has 1 aliphatic carbocycles. The Balaban J connectivity index is 2.79. The van der Waals surface area contributed by atoms with Crippen LogP contribution in [0.2, 0.25) is 0 Å². The van der Waals surface area contributed by atoms with E-state index in [9.17, 15) is 9.90 Å². The molecule has 19 heavy (non-hydrogen) atoms. The Hall–Kier alpha value is -0.650. The minimum Gasteiger partial charge on any atom is -0.480 e. The molecular formula is C14H28N2O3. The van der Waals surface area contributed by atoms with E-state index in [4.69, 9.17) is 4.74 Å².